The third-order valence-electron chi connectivity index (χ3n) is 1.73. The van der Waals surface area contributed by atoms with Gasteiger partial charge < -0.3 is 4.52 Å². The maximum Gasteiger partial charge on any atom is 0.287 e. The largest absolute Gasteiger partial charge is 0.386 e. The molecule has 0 radical (unpaired) electrons. The van der Waals surface area contributed by atoms with Gasteiger partial charge in [0.2, 0.25) is 0 Å². The Labute approximate surface area is 82.5 Å². The molecule has 1 heterocycles. The number of hydrogen-bond donors (Lipinski definition) is 1. The van der Waals surface area contributed by atoms with E-state index in [4.69, 9.17) is 0 Å². The van der Waals surface area contributed by atoms with E-state index in [2.05, 4.69) is 25.6 Å². The molecule has 0 spiro atoms. The molecule has 0 amide bonds. The number of nitrogens with one attached hydrogen (secondary N) is 1. The molecule has 2 aromatic rings. The Kier molecular flexibility index (Phi) is 2.06. The molecule has 4 heteroatoms. The molecule has 0 aliphatic rings. The SMILES string of the molecule is O=c1[nH]occ1-c1ccc(Br)cc1. The normalized spacial score (nSPS) is 10.2. The molecule has 3 nitrogen and oxygen atoms in total. The number of rotatable bonds is 1. The van der Waals surface area contributed by atoms with Gasteiger partial charge in [0.1, 0.15) is 6.26 Å². The molecule has 0 unspecified atom stereocenters. The lowest BCUT2D eigenvalue weighted by Gasteiger charge is -1.94. The molecule has 0 aliphatic heterocycles. The van der Waals surface area contributed by atoms with Crippen LogP contribution in [0.25, 0.3) is 11.1 Å². The average molecular weight is 240 g/mol. The van der Waals surface area contributed by atoms with Crippen molar-refractivity contribution < 1.29 is 4.52 Å². The van der Waals surface area contributed by atoms with Crippen LogP contribution >= 0.6 is 15.9 Å². The maximum atomic E-state index is 11.1. The molecule has 2 rings (SSSR count). The molecule has 66 valence electrons. The summed E-state index contributed by atoms with van der Waals surface area (Å²) in [4.78, 5) is 11.1. The molecule has 1 aromatic carbocycles. The summed E-state index contributed by atoms with van der Waals surface area (Å²) in [6.45, 7) is 0. The summed E-state index contributed by atoms with van der Waals surface area (Å²) in [5.41, 5.74) is 1.19. The van der Waals surface area contributed by atoms with E-state index in [0.717, 1.165) is 10.0 Å². The van der Waals surface area contributed by atoms with Crippen LogP contribution in [0.4, 0.5) is 0 Å². The fourth-order valence-corrected chi connectivity index (χ4v) is 1.34. The van der Waals surface area contributed by atoms with Gasteiger partial charge in [0.25, 0.3) is 5.56 Å². The summed E-state index contributed by atoms with van der Waals surface area (Å²) in [6, 6.07) is 7.46. The quantitative estimate of drug-likeness (QED) is 0.831. The Bertz CT molecular complexity index is 455. The van der Waals surface area contributed by atoms with Crippen molar-refractivity contribution in [3.8, 4) is 11.1 Å². The lowest BCUT2D eigenvalue weighted by molar-refractivity contribution is 0.414. The maximum absolute atomic E-state index is 11.1. The van der Waals surface area contributed by atoms with Crippen LogP contribution in [-0.4, -0.2) is 5.16 Å². The van der Waals surface area contributed by atoms with Crippen LogP contribution in [0.15, 0.2) is 44.3 Å². The van der Waals surface area contributed by atoms with Crippen molar-refractivity contribution in [2.24, 2.45) is 0 Å². The van der Waals surface area contributed by atoms with Crippen molar-refractivity contribution >= 4 is 15.9 Å². The van der Waals surface area contributed by atoms with Crippen molar-refractivity contribution in [3.05, 3.63) is 45.4 Å². The lowest BCUT2D eigenvalue weighted by Crippen LogP contribution is -2.00. The summed E-state index contributed by atoms with van der Waals surface area (Å²) in [7, 11) is 0. The Morgan fingerprint density at radius 3 is 2.46 bits per heavy atom. The Balaban J connectivity index is 2.54. The van der Waals surface area contributed by atoms with Gasteiger partial charge in [0.15, 0.2) is 0 Å². The van der Waals surface area contributed by atoms with E-state index in [1.165, 1.54) is 6.26 Å². The Morgan fingerprint density at radius 1 is 1.23 bits per heavy atom. The summed E-state index contributed by atoms with van der Waals surface area (Å²) in [6.07, 6.45) is 1.41. The van der Waals surface area contributed by atoms with E-state index < -0.39 is 0 Å². The molecule has 1 aromatic heterocycles. The highest BCUT2D eigenvalue weighted by molar-refractivity contribution is 9.10. The van der Waals surface area contributed by atoms with Gasteiger partial charge in [-0.05, 0) is 17.7 Å². The van der Waals surface area contributed by atoms with Crippen molar-refractivity contribution in [2.45, 2.75) is 0 Å². The number of halogens is 1. The fourth-order valence-electron chi connectivity index (χ4n) is 1.08. The van der Waals surface area contributed by atoms with Gasteiger partial charge in [-0.2, -0.15) is 5.16 Å². The third kappa shape index (κ3) is 1.58. The number of hydrogen-bond acceptors (Lipinski definition) is 2. The molecule has 0 saturated carbocycles. The third-order valence-corrected chi connectivity index (χ3v) is 2.26. The minimum atomic E-state index is -0.206. The zero-order valence-electron chi connectivity index (χ0n) is 6.58. The number of aromatic nitrogens is 1. The first-order chi connectivity index (χ1) is 6.27. The zero-order valence-corrected chi connectivity index (χ0v) is 8.17. The van der Waals surface area contributed by atoms with Crippen molar-refractivity contribution in [1.29, 1.82) is 0 Å². The molecule has 0 bridgehead atoms. The van der Waals surface area contributed by atoms with Gasteiger partial charge in [-0.1, -0.05) is 28.1 Å². The van der Waals surface area contributed by atoms with Crippen LogP contribution in [0.3, 0.4) is 0 Å². The van der Waals surface area contributed by atoms with Crippen molar-refractivity contribution in [1.82, 2.24) is 5.16 Å². The van der Waals surface area contributed by atoms with E-state index in [9.17, 15) is 4.79 Å². The average Bonchev–Trinajstić information content (AvgIpc) is 2.53. The van der Waals surface area contributed by atoms with Gasteiger partial charge in [-0.3, -0.25) is 4.79 Å². The number of H-pyrrole nitrogens is 1. The first kappa shape index (κ1) is 8.31. The van der Waals surface area contributed by atoms with E-state index >= 15 is 0 Å². The topological polar surface area (TPSA) is 46.0 Å². The smallest absolute Gasteiger partial charge is 0.287 e. The Morgan fingerprint density at radius 2 is 1.92 bits per heavy atom. The first-order valence-corrected chi connectivity index (χ1v) is 4.49. The standard InChI is InChI=1S/C9H6BrNO2/c10-7-3-1-6(2-4-7)8-5-13-11-9(8)12/h1-5H,(H,11,12). The molecular weight excluding hydrogens is 234 g/mol. The van der Waals surface area contributed by atoms with Gasteiger partial charge in [0, 0.05) is 4.47 Å². The Hall–Kier alpha value is -1.29. The van der Waals surface area contributed by atoms with Gasteiger partial charge >= 0.3 is 0 Å². The van der Waals surface area contributed by atoms with E-state index in [-0.39, 0.29) is 5.56 Å². The predicted octanol–water partition coefficient (Wildman–Crippen LogP) is 2.40. The lowest BCUT2D eigenvalue weighted by atomic mass is 10.1. The second-order valence-electron chi connectivity index (χ2n) is 2.59. The van der Waals surface area contributed by atoms with Crippen molar-refractivity contribution in [3.63, 3.8) is 0 Å². The predicted molar refractivity (Wildman–Crippen MR) is 52.5 cm³/mol. The van der Waals surface area contributed by atoms with Crippen LogP contribution in [0.2, 0.25) is 0 Å². The molecular formula is C9H6BrNO2. The fraction of sp³-hybridized carbons (Fsp3) is 0. The van der Waals surface area contributed by atoms with Gasteiger partial charge in [-0.25, -0.2) is 0 Å². The number of aromatic amines is 1. The van der Waals surface area contributed by atoms with Crippen LogP contribution in [0, 0.1) is 0 Å². The minimum absolute atomic E-state index is 0.206. The van der Waals surface area contributed by atoms with Crippen molar-refractivity contribution in [2.75, 3.05) is 0 Å². The van der Waals surface area contributed by atoms with E-state index in [1.807, 2.05) is 24.3 Å². The summed E-state index contributed by atoms with van der Waals surface area (Å²) in [5.74, 6) is 0. The molecule has 0 aliphatic carbocycles. The minimum Gasteiger partial charge on any atom is -0.386 e. The second-order valence-corrected chi connectivity index (χ2v) is 3.50. The second kappa shape index (κ2) is 3.22. The highest BCUT2D eigenvalue weighted by Crippen LogP contribution is 2.18. The molecule has 13 heavy (non-hydrogen) atoms. The van der Waals surface area contributed by atoms with E-state index in [0.29, 0.717) is 5.56 Å². The highest BCUT2D eigenvalue weighted by atomic mass is 79.9. The van der Waals surface area contributed by atoms with E-state index in [1.54, 1.807) is 0 Å². The molecule has 0 atom stereocenters. The zero-order chi connectivity index (χ0) is 9.26. The summed E-state index contributed by atoms with van der Waals surface area (Å²) in [5, 5.41) is 2.24. The monoisotopic (exact) mass is 239 g/mol. The molecule has 1 N–H and O–H groups in total. The summed E-state index contributed by atoms with van der Waals surface area (Å²) >= 11 is 3.32. The molecule has 0 fully saturated rings. The summed E-state index contributed by atoms with van der Waals surface area (Å²) < 4.78 is 5.66. The van der Waals surface area contributed by atoms with Gasteiger partial charge in [-0.15, -0.1) is 0 Å². The van der Waals surface area contributed by atoms with Crippen LogP contribution in [-0.2, 0) is 0 Å². The van der Waals surface area contributed by atoms with Gasteiger partial charge in [0.05, 0.1) is 5.56 Å². The first-order valence-electron chi connectivity index (χ1n) is 3.69. The highest BCUT2D eigenvalue weighted by Gasteiger charge is 2.03. The van der Waals surface area contributed by atoms with Crippen LogP contribution < -0.4 is 5.56 Å². The molecule has 0 saturated heterocycles. The van der Waals surface area contributed by atoms with Crippen LogP contribution in [0.1, 0.15) is 0 Å². The van der Waals surface area contributed by atoms with Crippen LogP contribution in [0.5, 0.6) is 0 Å². The number of benzene rings is 1.